The van der Waals surface area contributed by atoms with Gasteiger partial charge in [-0.1, -0.05) is 42.5 Å². The van der Waals surface area contributed by atoms with Crippen LogP contribution >= 0.6 is 12.6 Å². The molecule has 4 rings (SSSR count). The smallest absolute Gasteiger partial charge is 0.328 e. The van der Waals surface area contributed by atoms with Crippen LogP contribution in [0, 0.1) is 0 Å². The Morgan fingerprint density at radius 3 is 2.49 bits per heavy atom. The molecule has 1 saturated heterocycles. The average molecular weight is 515 g/mol. The van der Waals surface area contributed by atoms with Crippen molar-refractivity contribution in [2.24, 2.45) is 0 Å². The first-order valence-electron chi connectivity index (χ1n) is 11.0. The Hall–Kier alpha value is -3.08. The molecule has 0 radical (unpaired) electrons. The van der Waals surface area contributed by atoms with Crippen LogP contribution in [-0.2, 0) is 30.8 Å². The van der Waals surface area contributed by atoms with E-state index in [1.807, 2.05) is 24.3 Å². The number of benzene rings is 3. The van der Waals surface area contributed by atoms with Gasteiger partial charge in [0.25, 0.3) is 0 Å². The van der Waals surface area contributed by atoms with Gasteiger partial charge in [-0.05, 0) is 47.0 Å². The van der Waals surface area contributed by atoms with E-state index in [0.29, 0.717) is 5.56 Å². The standard InChI is InChI=1S/C25H26N2O6S2/c1-33-25(30)22(12-16-6-9-19(28)10-7-16)26-24(29)23-14-20(34)15-27(23)35(31,32)21-11-8-17-4-2-3-5-18(17)13-21/h2-11,13,20,22-23,28,34H,12,14-15H2,1H3,(H,26,29)/t20-,22?,23-/m0/s1. The fourth-order valence-corrected chi connectivity index (χ4v) is 6.39. The Morgan fingerprint density at radius 1 is 1.11 bits per heavy atom. The molecule has 1 aliphatic heterocycles. The van der Waals surface area contributed by atoms with E-state index in [1.54, 1.807) is 24.3 Å². The zero-order valence-corrected chi connectivity index (χ0v) is 20.7. The predicted octanol–water partition coefficient (Wildman–Crippen LogP) is 2.51. The third-order valence-electron chi connectivity index (χ3n) is 6.04. The van der Waals surface area contributed by atoms with Crippen LogP contribution in [0.3, 0.4) is 0 Å². The fraction of sp³-hybridized carbons (Fsp3) is 0.280. The summed E-state index contributed by atoms with van der Waals surface area (Å²) in [5, 5.41) is 13.5. The van der Waals surface area contributed by atoms with E-state index in [1.165, 1.54) is 25.3 Å². The number of rotatable bonds is 7. The number of sulfonamides is 1. The third kappa shape index (κ3) is 5.44. The monoisotopic (exact) mass is 514 g/mol. The molecule has 0 spiro atoms. The van der Waals surface area contributed by atoms with Gasteiger partial charge in [-0.2, -0.15) is 16.9 Å². The summed E-state index contributed by atoms with van der Waals surface area (Å²) in [5.74, 6) is -1.18. The molecular formula is C25H26N2O6S2. The Balaban J connectivity index is 1.58. The molecule has 2 N–H and O–H groups in total. The zero-order chi connectivity index (χ0) is 25.2. The molecule has 0 bridgehead atoms. The first-order valence-corrected chi connectivity index (χ1v) is 13.0. The highest BCUT2D eigenvalue weighted by atomic mass is 32.2. The number of aromatic hydroxyl groups is 1. The number of nitrogens with zero attached hydrogens (tertiary/aromatic N) is 1. The molecule has 0 aromatic heterocycles. The summed E-state index contributed by atoms with van der Waals surface area (Å²) in [7, 11) is -2.79. The number of hydrogen-bond acceptors (Lipinski definition) is 7. The van der Waals surface area contributed by atoms with Crippen molar-refractivity contribution in [2.45, 2.75) is 35.1 Å². The van der Waals surface area contributed by atoms with Crippen LogP contribution < -0.4 is 5.32 Å². The molecule has 0 aliphatic carbocycles. The summed E-state index contributed by atoms with van der Waals surface area (Å²) in [6, 6.07) is 16.4. The van der Waals surface area contributed by atoms with Gasteiger partial charge < -0.3 is 15.2 Å². The summed E-state index contributed by atoms with van der Waals surface area (Å²) < 4.78 is 33.1. The summed E-state index contributed by atoms with van der Waals surface area (Å²) >= 11 is 4.45. The van der Waals surface area contributed by atoms with Crippen molar-refractivity contribution in [3.8, 4) is 5.75 Å². The summed E-state index contributed by atoms with van der Waals surface area (Å²) in [4.78, 5) is 25.7. The van der Waals surface area contributed by atoms with Crippen molar-refractivity contribution in [3.05, 3.63) is 72.3 Å². The number of thiol groups is 1. The summed E-state index contributed by atoms with van der Waals surface area (Å²) in [6.07, 6.45) is 0.321. The number of methoxy groups -OCH3 is 1. The molecule has 35 heavy (non-hydrogen) atoms. The fourth-order valence-electron chi connectivity index (χ4n) is 4.22. The molecule has 3 aromatic carbocycles. The minimum atomic E-state index is -4.00. The zero-order valence-electron chi connectivity index (χ0n) is 19.0. The molecule has 1 amide bonds. The van der Waals surface area contributed by atoms with Crippen LogP contribution in [0.1, 0.15) is 12.0 Å². The van der Waals surface area contributed by atoms with E-state index in [9.17, 15) is 23.1 Å². The van der Waals surface area contributed by atoms with E-state index in [4.69, 9.17) is 4.74 Å². The van der Waals surface area contributed by atoms with E-state index in [2.05, 4.69) is 17.9 Å². The molecule has 1 fully saturated rings. The largest absolute Gasteiger partial charge is 0.508 e. The third-order valence-corrected chi connectivity index (χ3v) is 8.29. The van der Waals surface area contributed by atoms with E-state index >= 15 is 0 Å². The van der Waals surface area contributed by atoms with E-state index in [-0.39, 0.29) is 35.3 Å². The second-order valence-corrected chi connectivity index (χ2v) is 11.1. The maximum absolute atomic E-state index is 13.5. The van der Waals surface area contributed by atoms with Gasteiger partial charge >= 0.3 is 5.97 Å². The highest BCUT2D eigenvalue weighted by Gasteiger charge is 2.43. The SMILES string of the molecule is COC(=O)C(Cc1ccc(O)cc1)NC(=O)[C@@H]1C[C@H](S)CN1S(=O)(=O)c1ccc2ccccc2c1. The lowest BCUT2D eigenvalue weighted by Gasteiger charge is -2.25. The predicted molar refractivity (Wildman–Crippen MR) is 135 cm³/mol. The lowest BCUT2D eigenvalue weighted by Crippen LogP contribution is -2.51. The number of phenolic OH excluding ortho intramolecular Hbond substituents is 1. The molecule has 3 aromatic rings. The number of carbonyl (C=O) groups is 2. The first-order chi connectivity index (χ1) is 16.7. The molecule has 8 nitrogen and oxygen atoms in total. The number of nitrogens with one attached hydrogen (secondary N) is 1. The Bertz CT molecular complexity index is 1340. The van der Waals surface area contributed by atoms with Gasteiger partial charge in [-0.15, -0.1) is 0 Å². The lowest BCUT2D eigenvalue weighted by atomic mass is 10.0. The van der Waals surface area contributed by atoms with Gasteiger partial charge in [-0.25, -0.2) is 13.2 Å². The maximum atomic E-state index is 13.5. The van der Waals surface area contributed by atoms with Crippen molar-refractivity contribution >= 4 is 45.3 Å². The molecule has 10 heteroatoms. The minimum absolute atomic E-state index is 0.0667. The number of esters is 1. The number of fused-ring (bicyclic) bond motifs is 1. The Labute approximate surface area is 209 Å². The second kappa shape index (κ2) is 10.3. The van der Waals surface area contributed by atoms with Crippen molar-refractivity contribution < 1.29 is 27.9 Å². The molecule has 3 atom stereocenters. The van der Waals surface area contributed by atoms with E-state index < -0.39 is 34.0 Å². The Kier molecular flexibility index (Phi) is 7.34. The van der Waals surface area contributed by atoms with Gasteiger partial charge in [0.1, 0.15) is 17.8 Å². The maximum Gasteiger partial charge on any atom is 0.328 e. The normalized spacial score (nSPS) is 19.4. The summed E-state index contributed by atoms with van der Waals surface area (Å²) in [5.41, 5.74) is 0.692. The van der Waals surface area contributed by atoms with Gasteiger partial charge in [-0.3, -0.25) is 4.79 Å². The average Bonchev–Trinajstić information content (AvgIpc) is 3.26. The molecule has 184 valence electrons. The highest BCUT2D eigenvalue weighted by Crippen LogP contribution is 2.30. The topological polar surface area (TPSA) is 113 Å². The minimum Gasteiger partial charge on any atom is -0.508 e. The second-order valence-electron chi connectivity index (χ2n) is 8.44. The molecule has 0 saturated carbocycles. The van der Waals surface area contributed by atoms with Gasteiger partial charge in [0.2, 0.25) is 15.9 Å². The van der Waals surface area contributed by atoms with Crippen molar-refractivity contribution in [3.63, 3.8) is 0 Å². The van der Waals surface area contributed by atoms with Crippen LogP contribution in [0.2, 0.25) is 0 Å². The quantitative estimate of drug-likeness (QED) is 0.330. The highest BCUT2D eigenvalue weighted by molar-refractivity contribution is 7.89. The van der Waals surface area contributed by atoms with E-state index in [0.717, 1.165) is 15.1 Å². The van der Waals surface area contributed by atoms with Crippen molar-refractivity contribution in [1.29, 1.82) is 0 Å². The first kappa shape index (κ1) is 25.0. The van der Waals surface area contributed by atoms with Crippen LogP contribution in [0.4, 0.5) is 0 Å². The number of hydrogen-bond donors (Lipinski definition) is 3. The summed E-state index contributed by atoms with van der Waals surface area (Å²) in [6.45, 7) is 0.0667. The number of amides is 1. The number of carbonyl (C=O) groups excluding carboxylic acids is 2. The lowest BCUT2D eigenvalue weighted by molar-refractivity contribution is -0.145. The van der Waals surface area contributed by atoms with Crippen LogP contribution in [0.5, 0.6) is 5.75 Å². The van der Waals surface area contributed by atoms with Gasteiger partial charge in [0.05, 0.1) is 12.0 Å². The molecule has 1 unspecified atom stereocenters. The van der Waals surface area contributed by atoms with Crippen LogP contribution in [0.25, 0.3) is 10.8 Å². The molecule has 1 heterocycles. The van der Waals surface area contributed by atoms with Gasteiger partial charge in [0, 0.05) is 18.2 Å². The number of ether oxygens (including phenoxy) is 1. The van der Waals surface area contributed by atoms with Crippen LogP contribution in [-0.4, -0.2) is 60.7 Å². The molecular weight excluding hydrogens is 488 g/mol. The Morgan fingerprint density at radius 2 is 1.80 bits per heavy atom. The van der Waals surface area contributed by atoms with Crippen molar-refractivity contribution in [1.82, 2.24) is 9.62 Å². The number of phenols is 1. The van der Waals surface area contributed by atoms with Crippen LogP contribution in [0.15, 0.2) is 71.6 Å². The van der Waals surface area contributed by atoms with Gasteiger partial charge in [0.15, 0.2) is 0 Å². The molecule has 1 aliphatic rings. The van der Waals surface area contributed by atoms with Crippen molar-refractivity contribution in [2.75, 3.05) is 13.7 Å².